The molecule has 3 rings (SSSR count). The van der Waals surface area contributed by atoms with E-state index in [0.717, 1.165) is 5.56 Å². The second kappa shape index (κ2) is 7.58. The molecule has 5 heteroatoms. The van der Waals surface area contributed by atoms with Gasteiger partial charge >= 0.3 is 0 Å². The van der Waals surface area contributed by atoms with Crippen molar-refractivity contribution in [2.75, 3.05) is 14.2 Å². The molecule has 4 nitrogen and oxygen atoms in total. The molecule has 0 fully saturated rings. The summed E-state index contributed by atoms with van der Waals surface area (Å²) in [6, 6.07) is 17.0. The Hall–Kier alpha value is -3.52. The molecular formula is C21H16FNO3. The summed E-state index contributed by atoms with van der Waals surface area (Å²) in [7, 11) is 3.09. The van der Waals surface area contributed by atoms with Crippen molar-refractivity contribution in [2.45, 2.75) is 0 Å². The number of methoxy groups -OCH3 is 2. The first-order chi connectivity index (χ1) is 12.6. The first kappa shape index (κ1) is 17.3. The zero-order valence-corrected chi connectivity index (χ0v) is 14.3. The Morgan fingerprint density at radius 3 is 2.38 bits per heavy atom. The summed E-state index contributed by atoms with van der Waals surface area (Å²) in [5.41, 5.74) is 1.87. The van der Waals surface area contributed by atoms with Gasteiger partial charge in [-0.3, -0.25) is 0 Å². The zero-order chi connectivity index (χ0) is 18.5. The topological polar surface area (TPSA) is 55.4 Å². The van der Waals surface area contributed by atoms with Crippen LogP contribution in [0.1, 0.15) is 11.3 Å². The highest BCUT2D eigenvalue weighted by Gasteiger charge is 2.10. The number of nitriles is 1. The summed E-state index contributed by atoms with van der Waals surface area (Å²) < 4.78 is 29.3. The first-order valence-corrected chi connectivity index (χ1v) is 7.84. The van der Waals surface area contributed by atoms with Gasteiger partial charge in [0.2, 0.25) is 0 Å². The molecule has 0 aliphatic heterocycles. The predicted octanol–water partition coefficient (Wildman–Crippen LogP) is 5.17. The maximum atomic E-state index is 13.0. The van der Waals surface area contributed by atoms with E-state index < -0.39 is 0 Å². The molecular weight excluding hydrogens is 333 g/mol. The van der Waals surface area contributed by atoms with Gasteiger partial charge in [0.1, 0.15) is 17.3 Å². The molecule has 130 valence electrons. The van der Waals surface area contributed by atoms with E-state index in [9.17, 15) is 9.65 Å². The summed E-state index contributed by atoms with van der Waals surface area (Å²) in [6.07, 6.45) is 1.65. The van der Waals surface area contributed by atoms with E-state index >= 15 is 0 Å². The van der Waals surface area contributed by atoms with E-state index in [1.807, 2.05) is 0 Å². The molecule has 0 unspecified atom stereocenters. The molecule has 26 heavy (non-hydrogen) atoms. The number of allylic oxidation sites excluding steroid dienone is 1. The summed E-state index contributed by atoms with van der Waals surface area (Å²) in [6.45, 7) is 0. The second-order valence-electron chi connectivity index (χ2n) is 5.45. The van der Waals surface area contributed by atoms with Crippen molar-refractivity contribution in [2.24, 2.45) is 0 Å². The lowest BCUT2D eigenvalue weighted by Gasteiger charge is -2.08. The third-order valence-corrected chi connectivity index (χ3v) is 3.86. The predicted molar refractivity (Wildman–Crippen MR) is 97.1 cm³/mol. The van der Waals surface area contributed by atoms with Crippen LogP contribution < -0.4 is 9.47 Å². The second-order valence-corrected chi connectivity index (χ2v) is 5.45. The van der Waals surface area contributed by atoms with E-state index in [-0.39, 0.29) is 5.82 Å². The van der Waals surface area contributed by atoms with Crippen molar-refractivity contribution in [3.63, 3.8) is 0 Å². The maximum Gasteiger partial charge on any atom is 0.161 e. The molecule has 0 amide bonds. The molecule has 0 atom stereocenters. The Bertz CT molecular complexity index is 981. The van der Waals surface area contributed by atoms with Crippen LogP contribution >= 0.6 is 0 Å². The van der Waals surface area contributed by atoms with Gasteiger partial charge in [-0.2, -0.15) is 5.26 Å². The molecule has 0 saturated heterocycles. The van der Waals surface area contributed by atoms with Crippen LogP contribution in [-0.2, 0) is 0 Å². The molecule has 1 heterocycles. The quantitative estimate of drug-likeness (QED) is 0.597. The number of halogens is 1. The number of hydrogen-bond donors (Lipinski definition) is 0. The van der Waals surface area contributed by atoms with Gasteiger partial charge in [0.05, 0.1) is 25.9 Å². The third kappa shape index (κ3) is 3.60. The molecule has 3 aromatic rings. The highest BCUT2D eigenvalue weighted by atomic mass is 19.1. The Morgan fingerprint density at radius 1 is 1.00 bits per heavy atom. The van der Waals surface area contributed by atoms with Crippen LogP contribution in [0.25, 0.3) is 23.0 Å². The first-order valence-electron chi connectivity index (χ1n) is 7.84. The number of rotatable bonds is 5. The average Bonchev–Trinajstić information content (AvgIpc) is 3.14. The Balaban J connectivity index is 1.93. The fourth-order valence-electron chi connectivity index (χ4n) is 2.53. The fraction of sp³-hybridized carbons (Fsp3) is 0.0952. The highest BCUT2D eigenvalue weighted by Crippen LogP contribution is 2.31. The van der Waals surface area contributed by atoms with Crippen molar-refractivity contribution in [1.29, 1.82) is 5.26 Å². The highest BCUT2D eigenvalue weighted by molar-refractivity contribution is 5.89. The van der Waals surface area contributed by atoms with Gasteiger partial charge in [0, 0.05) is 5.56 Å². The van der Waals surface area contributed by atoms with Crippen molar-refractivity contribution < 1.29 is 18.3 Å². The van der Waals surface area contributed by atoms with Gasteiger partial charge in [-0.25, -0.2) is 4.39 Å². The van der Waals surface area contributed by atoms with Crippen molar-refractivity contribution >= 4 is 11.6 Å². The van der Waals surface area contributed by atoms with Crippen LogP contribution in [0.5, 0.6) is 11.5 Å². The summed E-state index contributed by atoms with van der Waals surface area (Å²) in [5, 5.41) is 9.51. The van der Waals surface area contributed by atoms with Crippen LogP contribution in [0.3, 0.4) is 0 Å². The van der Waals surface area contributed by atoms with Gasteiger partial charge < -0.3 is 13.9 Å². The number of hydrogen-bond acceptors (Lipinski definition) is 4. The molecule has 0 radical (unpaired) electrons. The minimum Gasteiger partial charge on any atom is -0.493 e. The number of ether oxygens (including phenoxy) is 2. The molecule has 0 saturated carbocycles. The van der Waals surface area contributed by atoms with E-state index in [1.165, 1.54) is 12.1 Å². The van der Waals surface area contributed by atoms with Crippen molar-refractivity contribution in [3.8, 4) is 28.9 Å². The minimum atomic E-state index is -0.305. The molecule has 0 aliphatic rings. The van der Waals surface area contributed by atoms with E-state index in [0.29, 0.717) is 34.2 Å². The van der Waals surface area contributed by atoms with Gasteiger partial charge in [-0.1, -0.05) is 0 Å². The molecule has 0 aliphatic carbocycles. The largest absolute Gasteiger partial charge is 0.493 e. The Labute approximate surface area is 150 Å². The standard InChI is InChI=1S/C21H16FNO3/c1-24-20-9-5-15(12-21(20)25-2)16(13-23)11-18-8-10-19(26-18)14-3-6-17(22)7-4-14/h3-12H,1-2H3. The van der Waals surface area contributed by atoms with Gasteiger partial charge in [0.25, 0.3) is 0 Å². The van der Waals surface area contributed by atoms with Crippen LogP contribution in [0.15, 0.2) is 59.0 Å². The van der Waals surface area contributed by atoms with Crippen LogP contribution in [0.4, 0.5) is 4.39 Å². The molecule has 0 bridgehead atoms. The molecule has 0 spiro atoms. The number of benzene rings is 2. The summed E-state index contributed by atoms with van der Waals surface area (Å²) in [4.78, 5) is 0. The molecule has 0 N–H and O–H groups in total. The normalized spacial score (nSPS) is 11.1. The molecule has 2 aromatic carbocycles. The summed E-state index contributed by atoms with van der Waals surface area (Å²) in [5.74, 6) is 1.94. The maximum absolute atomic E-state index is 13.0. The minimum absolute atomic E-state index is 0.305. The Kier molecular flexibility index (Phi) is 5.04. The van der Waals surface area contributed by atoms with E-state index in [4.69, 9.17) is 13.9 Å². The number of furan rings is 1. The monoisotopic (exact) mass is 349 g/mol. The van der Waals surface area contributed by atoms with Crippen LogP contribution in [0.2, 0.25) is 0 Å². The lowest BCUT2D eigenvalue weighted by atomic mass is 10.1. The van der Waals surface area contributed by atoms with E-state index in [2.05, 4.69) is 6.07 Å². The SMILES string of the molecule is COc1ccc(C(C#N)=Cc2ccc(-c3ccc(F)cc3)o2)cc1OC. The molecule has 1 aromatic heterocycles. The Morgan fingerprint density at radius 2 is 1.73 bits per heavy atom. The lowest BCUT2D eigenvalue weighted by Crippen LogP contribution is -1.92. The smallest absolute Gasteiger partial charge is 0.161 e. The number of nitrogens with zero attached hydrogens (tertiary/aromatic N) is 1. The van der Waals surface area contributed by atoms with Gasteiger partial charge in [-0.05, 0) is 66.2 Å². The van der Waals surface area contributed by atoms with Crippen molar-refractivity contribution in [1.82, 2.24) is 0 Å². The summed E-state index contributed by atoms with van der Waals surface area (Å²) >= 11 is 0. The van der Waals surface area contributed by atoms with Crippen LogP contribution in [0, 0.1) is 17.1 Å². The van der Waals surface area contributed by atoms with Crippen molar-refractivity contribution in [3.05, 3.63) is 71.7 Å². The zero-order valence-electron chi connectivity index (χ0n) is 14.3. The fourth-order valence-corrected chi connectivity index (χ4v) is 2.53. The van der Waals surface area contributed by atoms with E-state index in [1.54, 1.807) is 62.8 Å². The van der Waals surface area contributed by atoms with Gasteiger partial charge in [-0.15, -0.1) is 0 Å². The third-order valence-electron chi connectivity index (χ3n) is 3.86. The average molecular weight is 349 g/mol. The van der Waals surface area contributed by atoms with Gasteiger partial charge in [0.15, 0.2) is 11.5 Å². The lowest BCUT2D eigenvalue weighted by molar-refractivity contribution is 0.355. The van der Waals surface area contributed by atoms with Crippen LogP contribution in [-0.4, -0.2) is 14.2 Å².